The molecule has 0 radical (unpaired) electrons. The number of hydrogen-bond donors (Lipinski definition) is 0. The van der Waals surface area contributed by atoms with E-state index < -0.39 is 22.8 Å². The Morgan fingerprint density at radius 3 is 2.11 bits per heavy atom. The summed E-state index contributed by atoms with van der Waals surface area (Å²) < 4.78 is 19.4. The van der Waals surface area contributed by atoms with Crippen molar-refractivity contribution in [3.05, 3.63) is 30.3 Å². The number of rotatable bonds is 5. The summed E-state index contributed by atoms with van der Waals surface area (Å²) in [5.74, 6) is 0. The van der Waals surface area contributed by atoms with E-state index in [2.05, 4.69) is 19.6 Å². The van der Waals surface area contributed by atoms with Crippen LogP contribution in [0.25, 0.3) is 0 Å². The van der Waals surface area contributed by atoms with Gasteiger partial charge in [0.15, 0.2) is 16.6 Å². The Bertz CT molecular complexity index is 432. The average Bonchev–Trinajstić information content (AvgIpc) is 2.23. The first kappa shape index (κ1) is 16.1. The molecule has 0 bridgehead atoms. The molecule has 0 fully saturated rings. The van der Waals surface area contributed by atoms with Crippen LogP contribution in [0.2, 0.25) is 32.7 Å². The van der Waals surface area contributed by atoms with Gasteiger partial charge in [0.2, 0.25) is 0 Å². The minimum atomic E-state index is -2.12. The van der Waals surface area contributed by atoms with Crippen molar-refractivity contribution in [2.24, 2.45) is 0 Å². The van der Waals surface area contributed by atoms with Gasteiger partial charge < -0.3 is 4.12 Å². The fourth-order valence-corrected chi connectivity index (χ4v) is 10.1. The van der Waals surface area contributed by atoms with E-state index in [4.69, 9.17) is 4.12 Å². The second-order valence-corrected chi connectivity index (χ2v) is 15.0. The van der Waals surface area contributed by atoms with Crippen molar-refractivity contribution in [2.75, 3.05) is 11.1 Å². The van der Waals surface area contributed by atoms with Crippen molar-refractivity contribution >= 4 is 28.5 Å². The molecule has 1 aromatic rings. The van der Waals surface area contributed by atoms with E-state index in [9.17, 15) is 9.18 Å². The van der Waals surface area contributed by atoms with Crippen LogP contribution in [0.4, 0.5) is 14.9 Å². The number of anilines is 1. The first-order chi connectivity index (χ1) is 8.61. The number of amides is 1. The van der Waals surface area contributed by atoms with Gasteiger partial charge in [-0.1, -0.05) is 18.2 Å². The minimum Gasteiger partial charge on any atom is -0.455 e. The maximum atomic E-state index is 13.3. The van der Waals surface area contributed by atoms with E-state index >= 15 is 0 Å². The Hall–Kier alpha value is -0.986. The van der Waals surface area contributed by atoms with Crippen LogP contribution in [0, 0.1) is 0 Å². The van der Waals surface area contributed by atoms with Crippen LogP contribution in [0.1, 0.15) is 0 Å². The fraction of sp³-hybridized carbons (Fsp3) is 0.462. The van der Waals surface area contributed by atoms with Gasteiger partial charge in [0, 0.05) is 11.9 Å². The molecule has 1 rings (SSSR count). The number of benzene rings is 1. The lowest BCUT2D eigenvalue weighted by Crippen LogP contribution is -2.51. The molecule has 1 aromatic carbocycles. The zero-order valence-corrected chi connectivity index (χ0v) is 14.2. The third-order valence-corrected chi connectivity index (χ3v) is 8.14. The molecule has 0 aliphatic rings. The molecule has 6 heteroatoms. The summed E-state index contributed by atoms with van der Waals surface area (Å²) in [4.78, 5) is 12.4. The number of nitrogens with zero attached hydrogens (tertiary/aromatic N) is 1. The Balaban J connectivity index is 2.89. The van der Waals surface area contributed by atoms with Gasteiger partial charge in [0.05, 0.1) is 0 Å². The number of para-hydroxylation sites is 1. The monoisotopic (exact) mass is 299 g/mol. The lowest BCUT2D eigenvalue weighted by molar-refractivity contribution is 0.228. The molecule has 0 unspecified atom stereocenters. The lowest BCUT2D eigenvalue weighted by atomic mass is 10.3. The zero-order chi connectivity index (χ0) is 14.7. The first-order valence-electron chi connectivity index (χ1n) is 6.33. The maximum absolute atomic E-state index is 13.3. The lowest BCUT2D eigenvalue weighted by Gasteiger charge is -2.34. The predicted octanol–water partition coefficient (Wildman–Crippen LogP) is 4.18. The molecule has 3 nitrogen and oxygen atoms in total. The third-order valence-electron chi connectivity index (χ3n) is 2.40. The van der Waals surface area contributed by atoms with E-state index in [1.54, 1.807) is 24.3 Å². The van der Waals surface area contributed by atoms with Gasteiger partial charge in [-0.25, -0.2) is 4.79 Å². The van der Waals surface area contributed by atoms with E-state index in [-0.39, 0.29) is 0 Å². The summed E-state index contributed by atoms with van der Waals surface area (Å²) in [5, 5.41) is 0. The topological polar surface area (TPSA) is 29.5 Å². The van der Waals surface area contributed by atoms with Gasteiger partial charge in [-0.3, -0.25) is 4.90 Å². The Morgan fingerprint density at radius 2 is 1.68 bits per heavy atom. The summed E-state index contributed by atoms with van der Waals surface area (Å²) in [6.45, 7) is 10.3. The van der Waals surface area contributed by atoms with Crippen molar-refractivity contribution in [1.82, 2.24) is 0 Å². The minimum absolute atomic E-state index is 0.330. The standard InChI is InChI=1S/C13H22FNO2Si2/c1-18(2,3)17-19(4,5)11-15(13(14)16)12-9-7-6-8-10-12/h6-10H,11H2,1-5H3. The predicted molar refractivity (Wildman–Crippen MR) is 82.2 cm³/mol. The summed E-state index contributed by atoms with van der Waals surface area (Å²) in [6, 6.07) is 8.89. The molecule has 0 atom stereocenters. The van der Waals surface area contributed by atoms with Crippen molar-refractivity contribution in [2.45, 2.75) is 32.7 Å². The number of halogens is 1. The summed E-state index contributed by atoms with van der Waals surface area (Å²) in [5.41, 5.74) is 0.578. The van der Waals surface area contributed by atoms with Crippen molar-refractivity contribution in [1.29, 1.82) is 0 Å². The largest absolute Gasteiger partial charge is 0.455 e. The van der Waals surface area contributed by atoms with Crippen LogP contribution >= 0.6 is 0 Å². The second-order valence-electron chi connectivity index (χ2n) is 6.15. The van der Waals surface area contributed by atoms with Gasteiger partial charge in [-0.15, -0.1) is 4.39 Å². The SMILES string of the molecule is C[Si](C)(C)O[Si](C)(C)CN(C(=O)F)c1ccccc1. The molecular formula is C13H22FNO2Si2. The Labute approximate surface area is 116 Å². The highest BCUT2D eigenvalue weighted by Gasteiger charge is 2.33. The number of carbonyl (C=O) groups is 1. The smallest absolute Gasteiger partial charge is 0.404 e. The zero-order valence-electron chi connectivity index (χ0n) is 12.2. The molecule has 0 aliphatic carbocycles. The molecule has 106 valence electrons. The van der Waals surface area contributed by atoms with Crippen molar-refractivity contribution in [3.8, 4) is 0 Å². The fourth-order valence-electron chi connectivity index (χ4n) is 2.10. The van der Waals surface area contributed by atoms with Crippen LogP contribution in [0.15, 0.2) is 30.3 Å². The average molecular weight is 299 g/mol. The van der Waals surface area contributed by atoms with Gasteiger partial charge in [0.25, 0.3) is 0 Å². The highest BCUT2D eigenvalue weighted by atomic mass is 28.4. The Kier molecular flexibility index (Phi) is 5.06. The molecule has 0 spiro atoms. The molecule has 19 heavy (non-hydrogen) atoms. The van der Waals surface area contributed by atoms with Gasteiger partial charge >= 0.3 is 6.16 Å². The molecular weight excluding hydrogens is 277 g/mol. The van der Waals surface area contributed by atoms with Crippen LogP contribution in [0.5, 0.6) is 0 Å². The second kappa shape index (κ2) is 5.98. The van der Waals surface area contributed by atoms with E-state index in [0.717, 1.165) is 0 Å². The van der Waals surface area contributed by atoms with Crippen molar-refractivity contribution < 1.29 is 13.3 Å². The van der Waals surface area contributed by atoms with Crippen LogP contribution in [0.3, 0.4) is 0 Å². The Morgan fingerprint density at radius 1 is 1.16 bits per heavy atom. The van der Waals surface area contributed by atoms with Gasteiger partial charge in [-0.2, -0.15) is 0 Å². The molecule has 1 amide bonds. The van der Waals surface area contributed by atoms with Gasteiger partial charge in [-0.05, 0) is 44.9 Å². The summed E-state index contributed by atoms with van der Waals surface area (Å²) in [7, 11) is -3.81. The van der Waals surface area contributed by atoms with Crippen molar-refractivity contribution in [3.63, 3.8) is 0 Å². The highest BCUT2D eigenvalue weighted by molar-refractivity contribution is 6.84. The van der Waals surface area contributed by atoms with E-state index in [1.807, 2.05) is 19.2 Å². The molecule has 0 aromatic heterocycles. The third kappa shape index (κ3) is 5.67. The maximum Gasteiger partial charge on any atom is 0.404 e. The normalized spacial score (nSPS) is 12.3. The van der Waals surface area contributed by atoms with E-state index in [1.165, 1.54) is 4.90 Å². The quantitative estimate of drug-likeness (QED) is 0.464. The molecule has 0 N–H and O–H groups in total. The van der Waals surface area contributed by atoms with E-state index in [0.29, 0.717) is 11.9 Å². The summed E-state index contributed by atoms with van der Waals surface area (Å²) in [6.07, 6.45) is -1.10. The van der Waals surface area contributed by atoms with Crippen LogP contribution in [-0.2, 0) is 4.12 Å². The number of carbonyl (C=O) groups excluding carboxylic acids is 1. The first-order valence-corrected chi connectivity index (χ1v) is 12.9. The number of hydrogen-bond acceptors (Lipinski definition) is 2. The molecule has 0 heterocycles. The molecule has 0 aliphatic heterocycles. The highest BCUT2D eigenvalue weighted by Crippen LogP contribution is 2.21. The molecule has 0 saturated heterocycles. The molecule has 0 saturated carbocycles. The van der Waals surface area contributed by atoms with Crippen LogP contribution < -0.4 is 4.90 Å². The summed E-state index contributed by atoms with van der Waals surface area (Å²) >= 11 is 0. The van der Waals surface area contributed by atoms with Gasteiger partial charge in [0.1, 0.15) is 0 Å². The van der Waals surface area contributed by atoms with Crippen LogP contribution in [-0.4, -0.2) is 29.0 Å².